The van der Waals surface area contributed by atoms with Gasteiger partial charge in [0, 0.05) is 18.6 Å². The Morgan fingerprint density at radius 2 is 1.65 bits per heavy atom. The van der Waals surface area contributed by atoms with E-state index in [2.05, 4.69) is 26.1 Å². The first kappa shape index (κ1) is 16.3. The molecule has 2 aliphatic rings. The molecule has 0 aliphatic heterocycles. The van der Waals surface area contributed by atoms with Gasteiger partial charge < -0.3 is 10.4 Å². The van der Waals surface area contributed by atoms with Crippen molar-refractivity contribution < 1.29 is 5.11 Å². The van der Waals surface area contributed by atoms with Gasteiger partial charge in [-0.25, -0.2) is 0 Å². The van der Waals surface area contributed by atoms with Gasteiger partial charge in [0.25, 0.3) is 0 Å². The predicted octanol–water partition coefficient (Wildman–Crippen LogP) is 3.98. The van der Waals surface area contributed by atoms with E-state index in [0.29, 0.717) is 12.0 Å². The Balaban J connectivity index is 1.66. The zero-order valence-corrected chi connectivity index (χ0v) is 13.9. The van der Waals surface area contributed by atoms with Crippen LogP contribution in [-0.2, 0) is 0 Å². The van der Waals surface area contributed by atoms with E-state index < -0.39 is 0 Å². The van der Waals surface area contributed by atoms with Crippen LogP contribution in [0.15, 0.2) is 0 Å². The van der Waals surface area contributed by atoms with Gasteiger partial charge in [-0.05, 0) is 62.3 Å². The van der Waals surface area contributed by atoms with Gasteiger partial charge in [0.2, 0.25) is 0 Å². The first-order valence-corrected chi connectivity index (χ1v) is 8.77. The highest BCUT2D eigenvalue weighted by atomic mass is 16.3. The molecule has 0 unspecified atom stereocenters. The second-order valence-corrected chi connectivity index (χ2v) is 8.58. The maximum Gasteiger partial charge on any atom is 0.0499 e. The summed E-state index contributed by atoms with van der Waals surface area (Å²) in [6.07, 6.45) is 10.6. The fourth-order valence-corrected chi connectivity index (χ4v) is 4.29. The number of hydrogen-bond acceptors (Lipinski definition) is 2. The van der Waals surface area contributed by atoms with E-state index in [1.165, 1.54) is 57.9 Å². The zero-order chi connectivity index (χ0) is 14.6. The summed E-state index contributed by atoms with van der Waals surface area (Å²) in [5.74, 6) is 1.78. The van der Waals surface area contributed by atoms with E-state index in [1.807, 2.05) is 0 Å². The van der Waals surface area contributed by atoms with Gasteiger partial charge in [-0.1, -0.05) is 33.6 Å². The van der Waals surface area contributed by atoms with Crippen molar-refractivity contribution in [2.45, 2.75) is 72.1 Å². The molecule has 2 N–H and O–H groups in total. The fourth-order valence-electron chi connectivity index (χ4n) is 4.29. The zero-order valence-electron chi connectivity index (χ0n) is 13.9. The summed E-state index contributed by atoms with van der Waals surface area (Å²) in [5, 5.41) is 13.3. The van der Waals surface area contributed by atoms with Crippen LogP contribution in [0.5, 0.6) is 0 Å². The number of hydrogen-bond donors (Lipinski definition) is 2. The van der Waals surface area contributed by atoms with E-state index in [9.17, 15) is 5.11 Å². The summed E-state index contributed by atoms with van der Waals surface area (Å²) in [4.78, 5) is 0. The normalized spacial score (nSPS) is 30.6. The molecule has 2 nitrogen and oxygen atoms in total. The number of rotatable bonds is 5. The van der Waals surface area contributed by atoms with E-state index in [0.717, 1.165) is 18.4 Å². The molecule has 0 radical (unpaired) electrons. The number of aliphatic hydroxyl groups excluding tert-OH is 1. The third-order valence-corrected chi connectivity index (χ3v) is 6.00. The van der Waals surface area contributed by atoms with Crippen LogP contribution in [0.4, 0.5) is 0 Å². The number of aliphatic hydroxyl groups is 1. The second kappa shape index (κ2) is 6.79. The van der Waals surface area contributed by atoms with Gasteiger partial charge in [-0.3, -0.25) is 0 Å². The van der Waals surface area contributed by atoms with Crippen molar-refractivity contribution in [3.8, 4) is 0 Å². The summed E-state index contributed by atoms with van der Waals surface area (Å²) in [5.41, 5.74) is 0.700. The summed E-state index contributed by atoms with van der Waals surface area (Å²) < 4.78 is 0. The van der Waals surface area contributed by atoms with Crippen molar-refractivity contribution in [3.05, 3.63) is 0 Å². The maximum absolute atomic E-state index is 9.64. The van der Waals surface area contributed by atoms with Crippen molar-refractivity contribution in [1.29, 1.82) is 0 Å². The molecule has 2 rings (SSSR count). The molecule has 0 saturated heterocycles. The van der Waals surface area contributed by atoms with Crippen molar-refractivity contribution >= 4 is 0 Å². The Hall–Kier alpha value is -0.0800. The van der Waals surface area contributed by atoms with Gasteiger partial charge in [0.05, 0.1) is 0 Å². The van der Waals surface area contributed by atoms with E-state index in [4.69, 9.17) is 0 Å². The summed E-state index contributed by atoms with van der Waals surface area (Å²) in [7, 11) is 0. The molecule has 2 fully saturated rings. The van der Waals surface area contributed by atoms with Gasteiger partial charge in [0.1, 0.15) is 0 Å². The number of nitrogens with one attached hydrogen (secondary N) is 1. The van der Waals surface area contributed by atoms with Crippen LogP contribution >= 0.6 is 0 Å². The van der Waals surface area contributed by atoms with Crippen molar-refractivity contribution in [3.63, 3.8) is 0 Å². The Labute approximate surface area is 125 Å². The lowest BCUT2D eigenvalue weighted by molar-refractivity contribution is 0.120. The molecule has 0 bridgehead atoms. The molecular formula is C18H35NO. The molecule has 2 heteroatoms. The van der Waals surface area contributed by atoms with E-state index >= 15 is 0 Å². The van der Waals surface area contributed by atoms with Crippen LogP contribution < -0.4 is 5.32 Å². The van der Waals surface area contributed by atoms with Crippen LogP contribution in [0.1, 0.15) is 72.1 Å². The van der Waals surface area contributed by atoms with Crippen LogP contribution in [-0.4, -0.2) is 24.8 Å². The van der Waals surface area contributed by atoms with Crippen LogP contribution in [0.3, 0.4) is 0 Å². The Kier molecular flexibility index (Phi) is 5.53. The van der Waals surface area contributed by atoms with Crippen LogP contribution in [0, 0.1) is 22.7 Å². The molecule has 2 aliphatic carbocycles. The lowest BCUT2D eigenvalue weighted by Gasteiger charge is -2.37. The third kappa shape index (κ3) is 4.21. The van der Waals surface area contributed by atoms with Crippen molar-refractivity contribution in [2.24, 2.45) is 22.7 Å². The predicted molar refractivity (Wildman–Crippen MR) is 85.8 cm³/mol. The smallest absolute Gasteiger partial charge is 0.0499 e. The van der Waals surface area contributed by atoms with Gasteiger partial charge in [-0.15, -0.1) is 0 Å². The minimum absolute atomic E-state index is 0.211. The molecular weight excluding hydrogens is 246 g/mol. The largest absolute Gasteiger partial charge is 0.396 e. The Morgan fingerprint density at radius 3 is 2.15 bits per heavy atom. The maximum atomic E-state index is 9.64. The lowest BCUT2D eigenvalue weighted by atomic mass is 9.70. The third-order valence-electron chi connectivity index (χ3n) is 6.00. The highest BCUT2D eigenvalue weighted by Gasteiger charge is 2.33. The van der Waals surface area contributed by atoms with Gasteiger partial charge >= 0.3 is 0 Å². The second-order valence-electron chi connectivity index (χ2n) is 8.58. The molecule has 0 heterocycles. The molecule has 0 aromatic carbocycles. The highest BCUT2D eigenvalue weighted by Crippen LogP contribution is 2.40. The molecule has 0 aromatic heterocycles. The highest BCUT2D eigenvalue weighted by molar-refractivity contribution is 4.87. The fraction of sp³-hybridized carbons (Fsp3) is 1.00. The lowest BCUT2D eigenvalue weighted by Crippen LogP contribution is -2.38. The summed E-state index contributed by atoms with van der Waals surface area (Å²) >= 11 is 0. The van der Waals surface area contributed by atoms with Crippen LogP contribution in [0.25, 0.3) is 0 Å². The quantitative estimate of drug-likeness (QED) is 0.799. The first-order chi connectivity index (χ1) is 9.45. The first-order valence-electron chi connectivity index (χ1n) is 8.77. The Morgan fingerprint density at radius 1 is 1.05 bits per heavy atom. The molecule has 0 aromatic rings. The Bertz CT molecular complexity index is 280. The minimum Gasteiger partial charge on any atom is -0.396 e. The molecule has 0 atom stereocenters. The minimum atomic E-state index is 0.211. The average molecular weight is 281 g/mol. The topological polar surface area (TPSA) is 32.3 Å². The molecule has 0 amide bonds. The van der Waals surface area contributed by atoms with E-state index in [1.54, 1.807) is 0 Å². The summed E-state index contributed by atoms with van der Waals surface area (Å²) in [6, 6.07) is 0. The molecule has 2 saturated carbocycles. The van der Waals surface area contributed by atoms with E-state index in [-0.39, 0.29) is 5.41 Å². The van der Waals surface area contributed by atoms with Gasteiger partial charge in [-0.2, -0.15) is 0 Å². The van der Waals surface area contributed by atoms with Crippen molar-refractivity contribution in [2.75, 3.05) is 19.7 Å². The van der Waals surface area contributed by atoms with Crippen molar-refractivity contribution in [1.82, 2.24) is 5.32 Å². The summed E-state index contributed by atoms with van der Waals surface area (Å²) in [6.45, 7) is 9.74. The molecule has 118 valence electrons. The molecule has 0 spiro atoms. The van der Waals surface area contributed by atoms with Crippen LogP contribution in [0.2, 0.25) is 0 Å². The molecule has 20 heavy (non-hydrogen) atoms. The SMILES string of the molecule is CC(C)(C)C1CCC(CNCC2(CO)CCCC2)CC1. The van der Waals surface area contributed by atoms with Gasteiger partial charge in [0.15, 0.2) is 0 Å². The standard InChI is InChI=1S/C18H35NO/c1-17(2,3)16-8-6-15(7-9-16)12-19-13-18(14-20)10-4-5-11-18/h15-16,19-20H,4-14H2,1-3H3. The monoisotopic (exact) mass is 281 g/mol. The average Bonchev–Trinajstić information content (AvgIpc) is 2.88.